The number of morpholine rings is 1. The number of hydrogen-bond acceptors (Lipinski definition) is 13. The van der Waals surface area contributed by atoms with Gasteiger partial charge in [0, 0.05) is 94.1 Å². The Bertz CT molecular complexity index is 4420. The van der Waals surface area contributed by atoms with E-state index >= 15 is 0 Å². The summed E-state index contributed by atoms with van der Waals surface area (Å²) >= 11 is 0. The number of hydrogen-bond donors (Lipinski definition) is 5. The third kappa shape index (κ3) is 17.4. The first-order chi connectivity index (χ1) is 48.8. The molecular formula is C78H84N16O6. The molecule has 4 atom stereocenters. The molecule has 11 heterocycles. The lowest BCUT2D eigenvalue weighted by Gasteiger charge is -2.29. The molecule has 5 amide bonds. The smallest absolute Gasteiger partial charge is 0.272 e. The lowest BCUT2D eigenvalue weighted by atomic mass is 10.0. The molecule has 0 radical (unpaired) electrons. The summed E-state index contributed by atoms with van der Waals surface area (Å²) in [5.41, 5.74) is 12.6. The number of carbonyl (C=O) groups is 5. The van der Waals surface area contributed by atoms with E-state index in [2.05, 4.69) is 105 Å². The number of anilines is 2. The zero-order chi connectivity index (χ0) is 69.3. The Morgan fingerprint density at radius 1 is 0.370 bits per heavy atom. The molecule has 0 bridgehead atoms. The van der Waals surface area contributed by atoms with Crippen molar-refractivity contribution in [2.24, 2.45) is 0 Å². The predicted octanol–water partition coefficient (Wildman–Crippen LogP) is 11.2. The number of nitrogens with one attached hydrogen (secondary N) is 5. The van der Waals surface area contributed by atoms with E-state index in [1.807, 2.05) is 185 Å². The van der Waals surface area contributed by atoms with Crippen LogP contribution in [0.3, 0.4) is 0 Å². The Morgan fingerprint density at radius 3 is 1.04 bits per heavy atom. The summed E-state index contributed by atoms with van der Waals surface area (Å²) in [4.78, 5) is 68.9. The van der Waals surface area contributed by atoms with Crippen LogP contribution in [0.1, 0.15) is 146 Å². The minimum Gasteiger partial charge on any atom is -0.378 e. The SMILES string of the molecule is C[C@@H](NC(=O)c1cc2ccccn2n1)c1ccc(C(=O)N2CCCCC2)cc1.C[C@@H](NC(=O)c1cc2ccccn2n1)c1ccc(N2CCNCC2)cc1.C[C@@H](NC(=O)c1cc2ccccn2n1)c1ccc(N2CCOCC2)cc1.C[C@@H](NC(=O)c1cc2ccccn2n1)c1ccccc1. The molecule has 22 nitrogen and oxygen atoms in total. The molecule has 12 aromatic rings. The molecule has 4 aromatic carbocycles. The van der Waals surface area contributed by atoms with Gasteiger partial charge in [0.2, 0.25) is 0 Å². The van der Waals surface area contributed by atoms with E-state index in [1.54, 1.807) is 42.3 Å². The van der Waals surface area contributed by atoms with Gasteiger partial charge in [-0.05, 0) is 178 Å². The van der Waals surface area contributed by atoms with Gasteiger partial charge in [-0.2, -0.15) is 20.4 Å². The number of nitrogens with zero attached hydrogens (tertiary/aromatic N) is 11. The third-order valence-electron chi connectivity index (χ3n) is 18.0. The Balaban J connectivity index is 0.000000127. The average Bonchev–Trinajstić information content (AvgIpc) is 1.77. The fraction of sp³-hybridized carbons (Fsp3) is 0.269. The second kappa shape index (κ2) is 32.7. The molecule has 0 saturated carbocycles. The zero-order valence-corrected chi connectivity index (χ0v) is 56.7. The number of pyridine rings is 4. The van der Waals surface area contributed by atoms with Gasteiger partial charge >= 0.3 is 0 Å². The first-order valence-corrected chi connectivity index (χ1v) is 34.2. The molecule has 5 N–H and O–H groups in total. The van der Waals surface area contributed by atoms with Gasteiger partial charge in [0.1, 0.15) is 0 Å². The Hall–Kier alpha value is -11.5. The van der Waals surface area contributed by atoms with Gasteiger partial charge in [-0.15, -0.1) is 0 Å². The van der Waals surface area contributed by atoms with Crippen molar-refractivity contribution in [2.75, 3.05) is 75.4 Å². The number of carbonyl (C=O) groups excluding carboxylic acids is 5. The number of fused-ring (bicyclic) bond motifs is 4. The lowest BCUT2D eigenvalue weighted by Crippen LogP contribution is -2.43. The summed E-state index contributed by atoms with van der Waals surface area (Å²) in [7, 11) is 0. The molecular weight excluding hydrogens is 1260 g/mol. The number of piperazine rings is 1. The summed E-state index contributed by atoms with van der Waals surface area (Å²) in [5.74, 6) is -0.617. The molecule has 3 saturated heterocycles. The van der Waals surface area contributed by atoms with E-state index in [0.717, 1.165) is 123 Å². The van der Waals surface area contributed by atoms with Gasteiger partial charge in [-0.1, -0.05) is 91.0 Å². The maximum Gasteiger partial charge on any atom is 0.272 e. The molecule has 0 spiro atoms. The number of aromatic nitrogens is 8. The van der Waals surface area contributed by atoms with Crippen molar-refractivity contribution < 1.29 is 28.7 Å². The normalized spacial score (nSPS) is 15.0. The maximum absolute atomic E-state index is 12.6. The van der Waals surface area contributed by atoms with Crippen LogP contribution < -0.4 is 36.4 Å². The van der Waals surface area contributed by atoms with Gasteiger partial charge in [-0.25, -0.2) is 18.1 Å². The number of ether oxygens (including phenoxy) is 1. The highest BCUT2D eigenvalue weighted by atomic mass is 16.5. The minimum absolute atomic E-state index is 0.0477. The predicted molar refractivity (Wildman–Crippen MR) is 388 cm³/mol. The molecule has 22 heteroatoms. The van der Waals surface area contributed by atoms with E-state index in [-0.39, 0.29) is 53.7 Å². The molecule has 0 unspecified atom stereocenters. The summed E-state index contributed by atoms with van der Waals surface area (Å²) in [5, 5.41) is 32.6. The van der Waals surface area contributed by atoms with Crippen LogP contribution in [0.25, 0.3) is 22.1 Å². The molecule has 3 fully saturated rings. The van der Waals surface area contributed by atoms with Gasteiger partial charge in [0.15, 0.2) is 22.8 Å². The van der Waals surface area contributed by atoms with Gasteiger partial charge in [0.05, 0.1) is 59.4 Å². The minimum atomic E-state index is -0.218. The topological polar surface area (TPSA) is 234 Å². The molecule has 3 aliphatic rings. The summed E-state index contributed by atoms with van der Waals surface area (Å²) in [6.45, 7) is 17.0. The fourth-order valence-corrected chi connectivity index (χ4v) is 12.2. The van der Waals surface area contributed by atoms with Crippen molar-refractivity contribution in [1.29, 1.82) is 0 Å². The van der Waals surface area contributed by atoms with E-state index in [0.29, 0.717) is 28.3 Å². The van der Waals surface area contributed by atoms with Crippen LogP contribution in [0.5, 0.6) is 0 Å². The molecule has 8 aromatic heterocycles. The molecule has 3 aliphatic heterocycles. The number of benzene rings is 4. The monoisotopic (exact) mass is 1340 g/mol. The molecule has 100 heavy (non-hydrogen) atoms. The molecule has 0 aliphatic carbocycles. The number of likely N-dealkylation sites (tertiary alicyclic amines) is 1. The van der Waals surface area contributed by atoms with Crippen molar-refractivity contribution in [3.8, 4) is 0 Å². The maximum atomic E-state index is 12.6. The van der Waals surface area contributed by atoms with Crippen LogP contribution in [0.4, 0.5) is 11.4 Å². The highest BCUT2D eigenvalue weighted by molar-refractivity contribution is 5.96. The van der Waals surface area contributed by atoms with Crippen molar-refractivity contribution in [1.82, 2.24) is 69.9 Å². The third-order valence-corrected chi connectivity index (χ3v) is 18.0. The summed E-state index contributed by atoms with van der Waals surface area (Å²) < 4.78 is 12.2. The standard InChI is InChI=1S/C22H24N4O2.C20H23N5O.C20H22N4O2.C16H15N3O/c1-16(23-21(27)20-15-19-7-3-6-14-26(19)24-20)17-8-10-18(11-9-17)22(28)25-12-4-2-5-13-25;1-15(16-5-7-17(8-6-16)24-12-9-21-10-13-24)22-20(26)19-14-18-4-2-3-11-25(18)23-19;1-15(16-5-7-17(8-6-16)23-10-12-26-13-11-23)21-20(25)19-14-18-4-2-3-9-24(18)22-19;1-12(13-7-3-2-4-8-13)17-16(20)15-11-14-9-5-6-10-19(14)18-15/h3,6-11,14-16H,2,4-5,12-13H2,1H3,(H,23,27);2-8,11,14-15,21H,9-10,12-13H2,1H3,(H,22,26);2-9,14-15H,10-13H2,1H3,(H,21,25);2-12H,1H3,(H,17,20)/t16-;2*15-;12-/m1111/s1. The van der Waals surface area contributed by atoms with Crippen LogP contribution in [-0.4, -0.2) is 138 Å². The van der Waals surface area contributed by atoms with E-state index in [4.69, 9.17) is 4.74 Å². The lowest BCUT2D eigenvalue weighted by molar-refractivity contribution is 0.0723. The fourth-order valence-electron chi connectivity index (χ4n) is 12.2. The Morgan fingerprint density at radius 2 is 0.690 bits per heavy atom. The number of rotatable bonds is 15. The van der Waals surface area contributed by atoms with Crippen LogP contribution in [0, 0.1) is 0 Å². The summed E-state index contributed by atoms with van der Waals surface area (Å²) in [6.07, 6.45) is 10.7. The highest BCUT2D eigenvalue weighted by Gasteiger charge is 2.22. The van der Waals surface area contributed by atoms with E-state index in [9.17, 15) is 24.0 Å². The van der Waals surface area contributed by atoms with Gasteiger partial charge < -0.3 is 46.0 Å². The van der Waals surface area contributed by atoms with Gasteiger partial charge in [0.25, 0.3) is 29.5 Å². The van der Waals surface area contributed by atoms with Crippen molar-refractivity contribution in [3.63, 3.8) is 0 Å². The van der Waals surface area contributed by atoms with Crippen molar-refractivity contribution in [2.45, 2.75) is 71.1 Å². The van der Waals surface area contributed by atoms with E-state index in [1.165, 1.54) is 17.8 Å². The number of amides is 5. The van der Waals surface area contributed by atoms with Crippen LogP contribution in [-0.2, 0) is 4.74 Å². The van der Waals surface area contributed by atoms with Crippen LogP contribution in [0.15, 0.2) is 225 Å². The molecule has 512 valence electrons. The first kappa shape index (κ1) is 68.5. The van der Waals surface area contributed by atoms with Crippen molar-refractivity contribution >= 4 is 63.0 Å². The number of piperidine rings is 1. The summed E-state index contributed by atoms with van der Waals surface area (Å²) in [6, 6.07) is 63.8. The second-order valence-electron chi connectivity index (χ2n) is 25.1. The van der Waals surface area contributed by atoms with Crippen LogP contribution in [0.2, 0.25) is 0 Å². The highest BCUT2D eigenvalue weighted by Crippen LogP contribution is 2.24. The Kier molecular flexibility index (Phi) is 22.4. The molecule has 15 rings (SSSR count). The second-order valence-corrected chi connectivity index (χ2v) is 25.1. The zero-order valence-electron chi connectivity index (χ0n) is 56.7. The Labute approximate surface area is 580 Å². The van der Waals surface area contributed by atoms with Crippen molar-refractivity contribution in [3.05, 3.63) is 276 Å². The average molecular weight is 1340 g/mol. The van der Waals surface area contributed by atoms with E-state index < -0.39 is 0 Å². The van der Waals surface area contributed by atoms with Gasteiger partial charge in [-0.3, -0.25) is 24.0 Å². The largest absolute Gasteiger partial charge is 0.378 e. The van der Waals surface area contributed by atoms with Crippen LogP contribution >= 0.6 is 0 Å². The quantitative estimate of drug-likeness (QED) is 0.0643. The first-order valence-electron chi connectivity index (χ1n) is 34.2.